The van der Waals surface area contributed by atoms with Crippen molar-refractivity contribution in [2.24, 2.45) is 17.1 Å². The molecule has 0 bridgehead atoms. The van der Waals surface area contributed by atoms with E-state index in [2.05, 4.69) is 64.1 Å². The number of nitrogens with two attached hydrogens (primary N) is 1. The molecule has 2 nitrogen and oxygen atoms in total. The molecule has 0 amide bonds. The Morgan fingerprint density at radius 2 is 1.74 bits per heavy atom. The normalized spacial score (nSPS) is 16.8. The molecule has 1 atom stereocenters. The second-order valence-electron chi connectivity index (χ2n) is 10.2. The lowest BCUT2D eigenvalue weighted by atomic mass is 9.66. The third-order valence-corrected chi connectivity index (χ3v) is 8.59. The molecule has 3 heteroatoms. The molecule has 1 aromatic rings. The predicted molar refractivity (Wildman–Crippen MR) is 160 cm³/mol. The lowest BCUT2D eigenvalue weighted by Gasteiger charge is -2.39. The molecule has 0 aliphatic heterocycles. The summed E-state index contributed by atoms with van der Waals surface area (Å²) < 4.78 is 0. The zero-order valence-corrected chi connectivity index (χ0v) is 23.3. The first-order valence-corrected chi connectivity index (χ1v) is 14.3. The first-order valence-electron chi connectivity index (χ1n) is 13.5. The van der Waals surface area contributed by atoms with Crippen molar-refractivity contribution in [3.8, 4) is 0 Å². The van der Waals surface area contributed by atoms with Gasteiger partial charge in [-0.3, -0.25) is 0 Å². The molecule has 1 unspecified atom stereocenters. The van der Waals surface area contributed by atoms with Crippen LogP contribution in [0.3, 0.4) is 0 Å². The fourth-order valence-corrected chi connectivity index (χ4v) is 5.91. The maximum Gasteiger partial charge on any atom is 0.0314 e. The van der Waals surface area contributed by atoms with Crippen LogP contribution in [0, 0.1) is 11.3 Å². The van der Waals surface area contributed by atoms with Crippen molar-refractivity contribution >= 4 is 22.4 Å². The van der Waals surface area contributed by atoms with E-state index >= 15 is 0 Å². The van der Waals surface area contributed by atoms with E-state index in [1.807, 2.05) is 24.3 Å². The number of thioether (sulfide) groups is 1. The van der Waals surface area contributed by atoms with Gasteiger partial charge in [-0.05, 0) is 66.7 Å². The third-order valence-electron chi connectivity index (χ3n) is 7.63. The van der Waals surface area contributed by atoms with Crippen molar-refractivity contribution in [2.45, 2.75) is 78.6 Å². The van der Waals surface area contributed by atoms with Gasteiger partial charge >= 0.3 is 0 Å². The summed E-state index contributed by atoms with van der Waals surface area (Å²) in [6, 6.07) is 8.05. The van der Waals surface area contributed by atoms with Crippen LogP contribution in [0.15, 0.2) is 72.7 Å². The summed E-state index contributed by atoms with van der Waals surface area (Å²) in [4.78, 5) is 2.00. The highest BCUT2D eigenvalue weighted by molar-refractivity contribution is 8.11. The first kappa shape index (κ1) is 29.3. The van der Waals surface area contributed by atoms with Crippen molar-refractivity contribution in [1.82, 2.24) is 5.32 Å². The summed E-state index contributed by atoms with van der Waals surface area (Å²) >= 11 is 1.62. The Morgan fingerprint density at radius 3 is 2.34 bits per heavy atom. The van der Waals surface area contributed by atoms with Crippen LogP contribution < -0.4 is 11.1 Å². The largest absolute Gasteiger partial charge is 0.399 e. The van der Waals surface area contributed by atoms with E-state index in [-0.39, 0.29) is 0 Å². The molecule has 0 saturated heterocycles. The van der Waals surface area contributed by atoms with Gasteiger partial charge in [0.25, 0.3) is 0 Å². The van der Waals surface area contributed by atoms with Gasteiger partial charge < -0.3 is 11.1 Å². The first-order chi connectivity index (χ1) is 16.8. The molecule has 2 rings (SSSR count). The summed E-state index contributed by atoms with van der Waals surface area (Å²) in [7, 11) is 0. The van der Waals surface area contributed by atoms with Crippen LogP contribution >= 0.6 is 11.8 Å². The summed E-state index contributed by atoms with van der Waals surface area (Å²) in [5.41, 5.74) is 10.1. The van der Waals surface area contributed by atoms with Crippen LogP contribution in [0.25, 0.3) is 10.6 Å². The van der Waals surface area contributed by atoms with Gasteiger partial charge in [0.2, 0.25) is 0 Å². The number of hydrogen-bond acceptors (Lipinski definition) is 3. The summed E-state index contributed by atoms with van der Waals surface area (Å²) in [6.45, 7) is 21.4. The van der Waals surface area contributed by atoms with Crippen LogP contribution in [0.5, 0.6) is 0 Å². The van der Waals surface area contributed by atoms with E-state index in [9.17, 15) is 0 Å². The average Bonchev–Trinajstić information content (AvgIpc) is 2.87. The van der Waals surface area contributed by atoms with Crippen LogP contribution in [0.4, 0.5) is 0 Å². The Morgan fingerprint density at radius 1 is 1.09 bits per heavy atom. The molecule has 1 aromatic carbocycles. The maximum atomic E-state index is 5.78. The minimum atomic E-state index is 0.519. The Balaban J connectivity index is 1.78. The molecule has 0 radical (unpaired) electrons. The molecule has 0 aromatic heterocycles. The second kappa shape index (κ2) is 15.2. The molecule has 1 aliphatic rings. The van der Waals surface area contributed by atoms with Crippen molar-refractivity contribution in [3.63, 3.8) is 0 Å². The van der Waals surface area contributed by atoms with E-state index in [0.717, 1.165) is 46.4 Å². The quantitative estimate of drug-likeness (QED) is 0.189. The van der Waals surface area contributed by atoms with Gasteiger partial charge in [0, 0.05) is 22.1 Å². The fraction of sp³-hybridized carbons (Fsp3) is 0.500. The molecule has 35 heavy (non-hydrogen) atoms. The summed E-state index contributed by atoms with van der Waals surface area (Å²) in [5, 5.41) is 3.62. The topological polar surface area (TPSA) is 38.0 Å². The minimum Gasteiger partial charge on any atom is -0.399 e. The van der Waals surface area contributed by atoms with Crippen LogP contribution in [0.2, 0.25) is 0 Å². The van der Waals surface area contributed by atoms with Gasteiger partial charge in [0.1, 0.15) is 0 Å². The van der Waals surface area contributed by atoms with Gasteiger partial charge in [-0.1, -0.05) is 120 Å². The Bertz CT molecular complexity index is 887. The van der Waals surface area contributed by atoms with Crippen molar-refractivity contribution < 1.29 is 0 Å². The summed E-state index contributed by atoms with van der Waals surface area (Å²) in [5.74, 6) is 0.930. The average molecular weight is 493 g/mol. The van der Waals surface area contributed by atoms with E-state index in [4.69, 9.17) is 5.73 Å². The lowest BCUT2D eigenvalue weighted by Crippen LogP contribution is -2.30. The second-order valence-corrected chi connectivity index (χ2v) is 11.4. The predicted octanol–water partition coefficient (Wildman–Crippen LogP) is 9.09. The highest BCUT2D eigenvalue weighted by atomic mass is 32.2. The lowest BCUT2D eigenvalue weighted by molar-refractivity contribution is 0.116. The number of hydrogen-bond donors (Lipinski definition) is 2. The number of allylic oxidation sites excluding steroid dienone is 3. The third kappa shape index (κ3) is 9.54. The Kier molecular flexibility index (Phi) is 12.7. The van der Waals surface area contributed by atoms with Gasteiger partial charge in [0.15, 0.2) is 0 Å². The van der Waals surface area contributed by atoms with Gasteiger partial charge in [0.05, 0.1) is 0 Å². The molecular weight excluding hydrogens is 444 g/mol. The number of benzene rings is 1. The molecule has 1 saturated carbocycles. The zero-order valence-electron chi connectivity index (χ0n) is 22.5. The Hall–Kier alpha value is -1.97. The van der Waals surface area contributed by atoms with E-state index in [1.165, 1.54) is 56.9 Å². The molecule has 0 spiro atoms. The molecule has 3 N–H and O–H groups in total. The van der Waals surface area contributed by atoms with Crippen LogP contribution in [-0.2, 0) is 0 Å². The van der Waals surface area contributed by atoms with Crippen molar-refractivity contribution in [3.05, 3.63) is 83.8 Å². The molecule has 1 fully saturated rings. The van der Waals surface area contributed by atoms with Gasteiger partial charge in [-0.25, -0.2) is 0 Å². The van der Waals surface area contributed by atoms with E-state index in [1.54, 1.807) is 11.8 Å². The molecular formula is C32H48N2S. The highest BCUT2D eigenvalue weighted by Crippen LogP contribution is 2.44. The minimum absolute atomic E-state index is 0.519. The standard InChI is InChI=1S/C32H48N2S/c1-7-14-29(26(4)35-27(5)30-20-18-28(19-21-30)25(3)33)15-12-23-34-24-13-22-32(6,8-2)31-16-10-9-11-17-31/h12,14-15,18-21,31,34H,3-5,7-11,13,16-17,22-24,33H2,1-2,6H3/b15-12-,29-14+. The van der Waals surface area contributed by atoms with E-state index in [0.29, 0.717) is 11.1 Å². The van der Waals surface area contributed by atoms with E-state index < -0.39 is 0 Å². The maximum absolute atomic E-state index is 5.78. The summed E-state index contributed by atoms with van der Waals surface area (Å²) in [6.07, 6.45) is 18.7. The van der Waals surface area contributed by atoms with Crippen LogP contribution in [-0.4, -0.2) is 13.1 Å². The monoisotopic (exact) mass is 492 g/mol. The number of nitrogens with one attached hydrogen (secondary N) is 1. The Labute approximate surface area is 219 Å². The zero-order chi connectivity index (χ0) is 25.7. The highest BCUT2D eigenvalue weighted by Gasteiger charge is 2.32. The smallest absolute Gasteiger partial charge is 0.0314 e. The fourth-order valence-electron chi connectivity index (χ4n) is 5.09. The van der Waals surface area contributed by atoms with Gasteiger partial charge in [-0.2, -0.15) is 0 Å². The molecule has 192 valence electrons. The van der Waals surface area contributed by atoms with Crippen LogP contribution in [0.1, 0.15) is 89.7 Å². The SMILES string of the molecule is C=C(SC(=C)c1ccc(C(=C)N)cc1)C(/C=C\CNCCCC(C)(CC)C1CCCCC1)=C/CC. The van der Waals surface area contributed by atoms with Crippen molar-refractivity contribution in [2.75, 3.05) is 13.1 Å². The molecule has 1 aliphatic carbocycles. The number of rotatable bonds is 15. The molecule has 0 heterocycles. The van der Waals surface area contributed by atoms with Crippen molar-refractivity contribution in [1.29, 1.82) is 0 Å². The van der Waals surface area contributed by atoms with Gasteiger partial charge in [-0.15, -0.1) is 0 Å².